The topological polar surface area (TPSA) is 58.7 Å². The third-order valence-electron chi connectivity index (χ3n) is 4.74. The summed E-state index contributed by atoms with van der Waals surface area (Å²) in [5.41, 5.74) is 2.75. The molecule has 1 heterocycles. The van der Waals surface area contributed by atoms with Crippen LogP contribution in [0.2, 0.25) is 0 Å². The molecule has 0 radical (unpaired) electrons. The minimum Gasteiger partial charge on any atom is -0.268 e. The quantitative estimate of drug-likeness (QED) is 0.319. The zero-order chi connectivity index (χ0) is 19.2. The van der Waals surface area contributed by atoms with Gasteiger partial charge in [-0.1, -0.05) is 49.9 Å². The Bertz CT molecular complexity index is 1020. The van der Waals surface area contributed by atoms with Crippen molar-refractivity contribution >= 4 is 22.7 Å². The number of benzene rings is 2. The molecule has 138 valence electrons. The van der Waals surface area contributed by atoms with Crippen LogP contribution in [0, 0.1) is 11.3 Å². The summed E-state index contributed by atoms with van der Waals surface area (Å²) in [5.74, 6) is 1.24. The first-order valence-electron chi connectivity index (χ1n) is 9.27. The highest BCUT2D eigenvalue weighted by Gasteiger charge is 2.13. The van der Waals surface area contributed by atoms with Crippen molar-refractivity contribution in [3.63, 3.8) is 0 Å². The van der Waals surface area contributed by atoms with Gasteiger partial charge >= 0.3 is 0 Å². The monoisotopic (exact) mass is 377 g/mol. The molecule has 4 nitrogen and oxygen atoms in total. The molecule has 0 aliphatic heterocycles. The molecule has 0 aliphatic carbocycles. The summed E-state index contributed by atoms with van der Waals surface area (Å²) in [6, 6.07) is 17.8. The zero-order valence-electron chi connectivity index (χ0n) is 15.7. The number of hydrogen-bond acceptors (Lipinski definition) is 4. The first kappa shape index (κ1) is 19.2. The van der Waals surface area contributed by atoms with Gasteiger partial charge < -0.3 is 0 Å². The first-order valence-corrected chi connectivity index (χ1v) is 10.3. The van der Waals surface area contributed by atoms with E-state index in [1.54, 1.807) is 4.57 Å². The normalized spacial score (nSPS) is 12.0. The summed E-state index contributed by atoms with van der Waals surface area (Å²) in [4.78, 5) is 17.9. The lowest BCUT2D eigenvalue weighted by Crippen LogP contribution is -2.21. The molecule has 0 N–H and O–H groups in total. The second-order valence-electron chi connectivity index (χ2n) is 6.56. The van der Waals surface area contributed by atoms with Crippen LogP contribution in [0.1, 0.15) is 44.6 Å². The van der Waals surface area contributed by atoms with Crippen LogP contribution in [0.5, 0.6) is 0 Å². The van der Waals surface area contributed by atoms with Crippen LogP contribution in [-0.4, -0.2) is 15.3 Å². The van der Waals surface area contributed by atoms with E-state index in [1.807, 2.05) is 36.4 Å². The average molecular weight is 378 g/mol. The lowest BCUT2D eigenvalue weighted by atomic mass is 9.98. The van der Waals surface area contributed by atoms with Crippen LogP contribution in [0.15, 0.2) is 58.5 Å². The molecule has 3 aromatic rings. The van der Waals surface area contributed by atoms with Gasteiger partial charge in [-0.25, -0.2) is 4.98 Å². The number of nitriles is 1. The van der Waals surface area contributed by atoms with Gasteiger partial charge in [-0.05, 0) is 48.6 Å². The average Bonchev–Trinajstić information content (AvgIpc) is 2.71. The molecule has 0 aliphatic rings. The summed E-state index contributed by atoms with van der Waals surface area (Å²) in [6.07, 6.45) is 2.36. The lowest BCUT2D eigenvalue weighted by molar-refractivity contribution is 0.732. The van der Waals surface area contributed by atoms with E-state index in [2.05, 4.69) is 32.0 Å². The molecule has 2 aromatic carbocycles. The molecular formula is C22H23N3OS. The largest absolute Gasteiger partial charge is 0.268 e. The molecule has 0 saturated carbocycles. The van der Waals surface area contributed by atoms with Crippen molar-refractivity contribution in [1.29, 1.82) is 5.26 Å². The molecule has 0 bridgehead atoms. The van der Waals surface area contributed by atoms with Crippen molar-refractivity contribution in [3.05, 3.63) is 64.4 Å². The summed E-state index contributed by atoms with van der Waals surface area (Å²) in [6.45, 7) is 4.38. The third-order valence-corrected chi connectivity index (χ3v) is 5.77. The van der Waals surface area contributed by atoms with Crippen LogP contribution < -0.4 is 5.56 Å². The maximum absolute atomic E-state index is 13.2. The molecule has 27 heavy (non-hydrogen) atoms. The number of rotatable bonds is 7. The van der Waals surface area contributed by atoms with E-state index in [1.165, 1.54) is 17.3 Å². The second-order valence-corrected chi connectivity index (χ2v) is 7.63. The fourth-order valence-corrected chi connectivity index (χ4v) is 3.89. The highest BCUT2D eigenvalue weighted by atomic mass is 32.2. The van der Waals surface area contributed by atoms with Gasteiger partial charge in [0, 0.05) is 12.2 Å². The van der Waals surface area contributed by atoms with E-state index in [0.29, 0.717) is 28.4 Å². The van der Waals surface area contributed by atoms with Gasteiger partial charge in [0.15, 0.2) is 5.16 Å². The van der Waals surface area contributed by atoms with Gasteiger partial charge in [0.25, 0.3) is 5.56 Å². The number of thioether (sulfide) groups is 1. The van der Waals surface area contributed by atoms with Gasteiger partial charge in [-0.2, -0.15) is 5.26 Å². The van der Waals surface area contributed by atoms with Gasteiger partial charge in [-0.15, -0.1) is 0 Å². The predicted molar refractivity (Wildman–Crippen MR) is 112 cm³/mol. The third kappa shape index (κ3) is 4.23. The molecule has 5 heteroatoms. The summed E-state index contributed by atoms with van der Waals surface area (Å²) < 4.78 is 1.69. The minimum atomic E-state index is -0.0559. The fraction of sp³-hybridized carbons (Fsp3) is 0.318. The molecule has 0 amide bonds. The predicted octanol–water partition coefficient (Wildman–Crippen LogP) is 5.30. The van der Waals surface area contributed by atoms with Crippen LogP contribution in [0.3, 0.4) is 0 Å². The smallest absolute Gasteiger partial charge is 0.266 e. The van der Waals surface area contributed by atoms with Crippen molar-refractivity contribution in [2.75, 3.05) is 5.75 Å². The van der Waals surface area contributed by atoms with Gasteiger partial charge in [0.1, 0.15) is 0 Å². The zero-order valence-corrected chi connectivity index (χ0v) is 16.5. The maximum atomic E-state index is 13.2. The number of fused-ring (bicyclic) bond motifs is 1. The van der Waals surface area contributed by atoms with E-state index in [0.717, 1.165) is 24.3 Å². The Hall–Kier alpha value is -2.58. The van der Waals surface area contributed by atoms with Crippen molar-refractivity contribution in [1.82, 2.24) is 9.55 Å². The van der Waals surface area contributed by atoms with Crippen LogP contribution in [0.25, 0.3) is 16.6 Å². The number of hydrogen-bond donors (Lipinski definition) is 0. The Balaban J connectivity index is 2.07. The Kier molecular flexibility index (Phi) is 6.31. The summed E-state index contributed by atoms with van der Waals surface area (Å²) >= 11 is 1.53. The van der Waals surface area contributed by atoms with E-state index < -0.39 is 0 Å². The van der Waals surface area contributed by atoms with Gasteiger partial charge in [-0.3, -0.25) is 9.36 Å². The van der Waals surface area contributed by atoms with Gasteiger partial charge in [0.05, 0.1) is 22.7 Å². The fourth-order valence-electron chi connectivity index (χ4n) is 2.94. The lowest BCUT2D eigenvalue weighted by Gasteiger charge is -2.15. The van der Waals surface area contributed by atoms with E-state index in [4.69, 9.17) is 10.2 Å². The molecule has 0 spiro atoms. The first-order chi connectivity index (χ1) is 13.2. The minimum absolute atomic E-state index is 0.0559. The summed E-state index contributed by atoms with van der Waals surface area (Å²) in [5, 5.41) is 10.0. The molecular weight excluding hydrogens is 354 g/mol. The number of nitrogens with zero attached hydrogens (tertiary/aromatic N) is 3. The van der Waals surface area contributed by atoms with E-state index in [-0.39, 0.29) is 5.56 Å². The SMILES string of the molecule is CCC(C)c1ccc(-n2c(SCCCC#N)nc3ccccc3c2=O)cc1. The summed E-state index contributed by atoms with van der Waals surface area (Å²) in [7, 11) is 0. The van der Waals surface area contributed by atoms with Crippen molar-refractivity contribution in [2.24, 2.45) is 0 Å². The second kappa shape index (κ2) is 8.88. The van der Waals surface area contributed by atoms with Gasteiger partial charge in [0.2, 0.25) is 0 Å². The highest BCUT2D eigenvalue weighted by molar-refractivity contribution is 7.99. The van der Waals surface area contributed by atoms with E-state index >= 15 is 0 Å². The van der Waals surface area contributed by atoms with E-state index in [9.17, 15) is 4.79 Å². The maximum Gasteiger partial charge on any atom is 0.266 e. The van der Waals surface area contributed by atoms with Crippen molar-refractivity contribution in [2.45, 2.75) is 44.2 Å². The molecule has 0 fully saturated rings. The molecule has 1 aromatic heterocycles. The van der Waals surface area contributed by atoms with Crippen LogP contribution in [0.4, 0.5) is 0 Å². The van der Waals surface area contributed by atoms with Crippen molar-refractivity contribution in [3.8, 4) is 11.8 Å². The molecule has 3 rings (SSSR count). The number of aromatic nitrogens is 2. The van der Waals surface area contributed by atoms with Crippen LogP contribution >= 0.6 is 11.8 Å². The Morgan fingerprint density at radius 1 is 1.19 bits per heavy atom. The molecule has 1 atom stereocenters. The Labute approximate surface area is 163 Å². The van der Waals surface area contributed by atoms with Crippen LogP contribution in [-0.2, 0) is 0 Å². The highest BCUT2D eigenvalue weighted by Crippen LogP contribution is 2.24. The standard InChI is InChI=1S/C22H23N3OS/c1-3-16(2)17-10-12-18(13-11-17)25-21(26)19-8-4-5-9-20(19)24-22(25)27-15-7-6-14-23/h4-5,8-13,16H,3,6-7,15H2,1-2H3. The molecule has 0 saturated heterocycles. The number of unbranched alkanes of at least 4 members (excludes halogenated alkanes) is 1. The Morgan fingerprint density at radius 2 is 1.93 bits per heavy atom. The molecule has 1 unspecified atom stereocenters. The van der Waals surface area contributed by atoms with Crippen molar-refractivity contribution < 1.29 is 0 Å². The number of para-hydroxylation sites is 1. The Morgan fingerprint density at radius 3 is 2.63 bits per heavy atom.